The summed E-state index contributed by atoms with van der Waals surface area (Å²) < 4.78 is 31.9. The maximum absolute atomic E-state index is 13.6. The van der Waals surface area contributed by atoms with E-state index in [1.807, 2.05) is 6.92 Å². The number of benzene rings is 1. The van der Waals surface area contributed by atoms with Gasteiger partial charge in [0.15, 0.2) is 0 Å². The molecule has 0 saturated carbocycles. The van der Waals surface area contributed by atoms with Gasteiger partial charge in [0, 0.05) is 23.4 Å². The van der Waals surface area contributed by atoms with Crippen LogP contribution >= 0.6 is 0 Å². The first-order chi connectivity index (χ1) is 9.61. The van der Waals surface area contributed by atoms with Crippen molar-refractivity contribution in [3.05, 3.63) is 59.4 Å². The Labute approximate surface area is 115 Å². The first kappa shape index (κ1) is 14.4. The van der Waals surface area contributed by atoms with Gasteiger partial charge in [-0.15, -0.1) is 0 Å². The van der Waals surface area contributed by atoms with Gasteiger partial charge in [-0.25, -0.2) is 8.78 Å². The fourth-order valence-corrected chi connectivity index (χ4v) is 1.79. The molecule has 0 aliphatic rings. The SMILES string of the molecule is CCCOc1cncc(C(O)c2ccc(F)cc2F)c1. The minimum absolute atomic E-state index is 0.000779. The molecule has 1 heterocycles. The minimum atomic E-state index is -1.21. The highest BCUT2D eigenvalue weighted by atomic mass is 19.1. The molecule has 1 aromatic heterocycles. The van der Waals surface area contributed by atoms with Crippen molar-refractivity contribution in [1.82, 2.24) is 4.98 Å². The first-order valence-electron chi connectivity index (χ1n) is 6.32. The van der Waals surface area contributed by atoms with E-state index in [-0.39, 0.29) is 5.56 Å². The standard InChI is InChI=1S/C15H15F2NO2/c1-2-5-20-12-6-10(8-18-9-12)15(19)13-4-3-11(16)7-14(13)17/h3-4,6-9,15,19H,2,5H2,1H3. The van der Waals surface area contributed by atoms with Crippen LogP contribution in [0, 0.1) is 11.6 Å². The van der Waals surface area contributed by atoms with Gasteiger partial charge in [-0.3, -0.25) is 4.98 Å². The summed E-state index contributed by atoms with van der Waals surface area (Å²) in [4.78, 5) is 3.95. The lowest BCUT2D eigenvalue weighted by atomic mass is 10.0. The average molecular weight is 279 g/mol. The topological polar surface area (TPSA) is 42.4 Å². The first-order valence-corrected chi connectivity index (χ1v) is 6.32. The molecule has 1 aromatic carbocycles. The van der Waals surface area contributed by atoms with Crippen molar-refractivity contribution < 1.29 is 18.6 Å². The smallest absolute Gasteiger partial charge is 0.137 e. The molecule has 0 spiro atoms. The maximum atomic E-state index is 13.6. The molecule has 5 heteroatoms. The molecule has 0 fully saturated rings. The van der Waals surface area contributed by atoms with Crippen LogP contribution in [-0.2, 0) is 0 Å². The maximum Gasteiger partial charge on any atom is 0.137 e. The monoisotopic (exact) mass is 279 g/mol. The van der Waals surface area contributed by atoms with Crippen LogP contribution in [0.25, 0.3) is 0 Å². The van der Waals surface area contributed by atoms with Gasteiger partial charge in [-0.1, -0.05) is 13.0 Å². The summed E-state index contributed by atoms with van der Waals surface area (Å²) >= 11 is 0. The van der Waals surface area contributed by atoms with Crippen molar-refractivity contribution in [2.45, 2.75) is 19.4 Å². The molecule has 0 aliphatic carbocycles. The lowest BCUT2D eigenvalue weighted by Crippen LogP contribution is -2.04. The molecule has 20 heavy (non-hydrogen) atoms. The zero-order valence-electron chi connectivity index (χ0n) is 11.0. The van der Waals surface area contributed by atoms with E-state index in [9.17, 15) is 13.9 Å². The van der Waals surface area contributed by atoms with E-state index in [4.69, 9.17) is 4.74 Å². The zero-order chi connectivity index (χ0) is 14.5. The Morgan fingerprint density at radius 1 is 1.25 bits per heavy atom. The van der Waals surface area contributed by atoms with Crippen LogP contribution in [0.2, 0.25) is 0 Å². The Hall–Kier alpha value is -2.01. The second-order valence-corrected chi connectivity index (χ2v) is 4.37. The van der Waals surface area contributed by atoms with Gasteiger partial charge >= 0.3 is 0 Å². The molecule has 2 aromatic rings. The third-order valence-electron chi connectivity index (χ3n) is 2.78. The van der Waals surface area contributed by atoms with E-state index in [1.165, 1.54) is 18.5 Å². The summed E-state index contributed by atoms with van der Waals surface area (Å²) in [6.07, 6.45) is 2.58. The number of aliphatic hydroxyl groups excluding tert-OH is 1. The third-order valence-corrected chi connectivity index (χ3v) is 2.78. The number of halogens is 2. The van der Waals surface area contributed by atoms with E-state index in [1.54, 1.807) is 6.07 Å². The quantitative estimate of drug-likeness (QED) is 0.913. The Bertz CT molecular complexity index is 590. The molecular weight excluding hydrogens is 264 g/mol. The van der Waals surface area contributed by atoms with Crippen LogP contribution in [0.15, 0.2) is 36.7 Å². The van der Waals surface area contributed by atoms with Crippen LogP contribution < -0.4 is 4.74 Å². The predicted octanol–water partition coefficient (Wildman–Crippen LogP) is 3.23. The minimum Gasteiger partial charge on any atom is -0.492 e. The largest absolute Gasteiger partial charge is 0.492 e. The van der Waals surface area contributed by atoms with E-state index in [0.717, 1.165) is 18.6 Å². The molecule has 2 rings (SSSR count). The highest BCUT2D eigenvalue weighted by Crippen LogP contribution is 2.26. The van der Waals surface area contributed by atoms with E-state index in [0.29, 0.717) is 17.9 Å². The summed E-state index contributed by atoms with van der Waals surface area (Å²) in [7, 11) is 0. The third kappa shape index (κ3) is 3.30. The number of hydrogen-bond acceptors (Lipinski definition) is 3. The summed E-state index contributed by atoms with van der Waals surface area (Å²) in [5.74, 6) is -0.972. The summed E-state index contributed by atoms with van der Waals surface area (Å²) in [6, 6.07) is 4.65. The Morgan fingerprint density at radius 3 is 2.75 bits per heavy atom. The molecule has 3 nitrogen and oxygen atoms in total. The Morgan fingerprint density at radius 2 is 2.05 bits per heavy atom. The molecule has 106 valence electrons. The second kappa shape index (κ2) is 6.43. The van der Waals surface area contributed by atoms with Gasteiger partial charge < -0.3 is 9.84 Å². The fraction of sp³-hybridized carbons (Fsp3) is 0.267. The average Bonchev–Trinajstić information content (AvgIpc) is 2.45. The van der Waals surface area contributed by atoms with Gasteiger partial charge in [0.2, 0.25) is 0 Å². The molecule has 0 saturated heterocycles. The Kier molecular flexibility index (Phi) is 4.63. The van der Waals surface area contributed by atoms with Crippen LogP contribution in [0.5, 0.6) is 5.75 Å². The summed E-state index contributed by atoms with van der Waals surface area (Å²) in [6.45, 7) is 2.51. The van der Waals surface area contributed by atoms with Crippen LogP contribution in [0.4, 0.5) is 8.78 Å². The van der Waals surface area contributed by atoms with E-state index in [2.05, 4.69) is 4.98 Å². The predicted molar refractivity (Wildman–Crippen MR) is 70.4 cm³/mol. The molecule has 1 N–H and O–H groups in total. The highest BCUT2D eigenvalue weighted by Gasteiger charge is 2.16. The summed E-state index contributed by atoms with van der Waals surface area (Å²) in [5.41, 5.74) is 0.393. The van der Waals surface area contributed by atoms with Crippen molar-refractivity contribution in [1.29, 1.82) is 0 Å². The molecule has 0 bridgehead atoms. The lowest BCUT2D eigenvalue weighted by molar-refractivity contribution is 0.213. The number of aliphatic hydroxyl groups is 1. The molecule has 0 radical (unpaired) electrons. The molecule has 0 amide bonds. The van der Waals surface area contributed by atoms with Crippen molar-refractivity contribution in [3.63, 3.8) is 0 Å². The van der Waals surface area contributed by atoms with Crippen LogP contribution in [0.1, 0.15) is 30.6 Å². The van der Waals surface area contributed by atoms with Gasteiger partial charge in [-0.2, -0.15) is 0 Å². The normalized spacial score (nSPS) is 12.2. The number of ether oxygens (including phenoxy) is 1. The van der Waals surface area contributed by atoms with Crippen molar-refractivity contribution in [2.75, 3.05) is 6.61 Å². The van der Waals surface area contributed by atoms with Gasteiger partial charge in [0.05, 0.1) is 12.8 Å². The number of hydrogen-bond donors (Lipinski definition) is 1. The number of pyridine rings is 1. The second-order valence-electron chi connectivity index (χ2n) is 4.37. The number of nitrogens with zero attached hydrogens (tertiary/aromatic N) is 1. The van der Waals surface area contributed by atoms with Gasteiger partial charge in [-0.05, 0) is 18.6 Å². The van der Waals surface area contributed by atoms with E-state index < -0.39 is 17.7 Å². The zero-order valence-corrected chi connectivity index (χ0v) is 11.0. The Balaban J connectivity index is 2.26. The summed E-state index contributed by atoms with van der Waals surface area (Å²) in [5, 5.41) is 10.2. The highest BCUT2D eigenvalue weighted by molar-refractivity contribution is 5.33. The van der Waals surface area contributed by atoms with Gasteiger partial charge in [0.25, 0.3) is 0 Å². The van der Waals surface area contributed by atoms with Crippen molar-refractivity contribution in [2.24, 2.45) is 0 Å². The van der Waals surface area contributed by atoms with Crippen molar-refractivity contribution >= 4 is 0 Å². The molecule has 0 aliphatic heterocycles. The number of aromatic nitrogens is 1. The lowest BCUT2D eigenvalue weighted by Gasteiger charge is -2.13. The fourth-order valence-electron chi connectivity index (χ4n) is 1.79. The van der Waals surface area contributed by atoms with Gasteiger partial charge in [0.1, 0.15) is 23.5 Å². The molecular formula is C15H15F2NO2. The van der Waals surface area contributed by atoms with Crippen molar-refractivity contribution in [3.8, 4) is 5.75 Å². The van der Waals surface area contributed by atoms with Crippen LogP contribution in [-0.4, -0.2) is 16.7 Å². The number of rotatable bonds is 5. The van der Waals surface area contributed by atoms with Crippen LogP contribution in [0.3, 0.4) is 0 Å². The molecule has 1 unspecified atom stereocenters. The van der Waals surface area contributed by atoms with E-state index >= 15 is 0 Å². The molecule has 1 atom stereocenters.